The molecule has 1 N–H and O–H groups in total. The van der Waals surface area contributed by atoms with Crippen LogP contribution in [-0.2, 0) is 13.1 Å². The third kappa shape index (κ3) is 3.92. The van der Waals surface area contributed by atoms with Crippen molar-refractivity contribution in [1.29, 1.82) is 0 Å². The minimum absolute atomic E-state index is 0.319. The maximum Gasteiger partial charge on any atom is 0.122 e. The van der Waals surface area contributed by atoms with Crippen molar-refractivity contribution >= 4 is 0 Å². The van der Waals surface area contributed by atoms with E-state index < -0.39 is 6.10 Å². The quantitative estimate of drug-likeness (QED) is 0.888. The van der Waals surface area contributed by atoms with Crippen LogP contribution in [0.2, 0.25) is 0 Å². The van der Waals surface area contributed by atoms with E-state index in [1.165, 1.54) is 11.3 Å². The second-order valence-electron chi connectivity index (χ2n) is 6.47. The molecule has 0 radical (unpaired) electrons. The highest BCUT2D eigenvalue weighted by molar-refractivity contribution is 5.35. The number of β-amino-alcohol motifs (C(OH)–C–C–N with tert-alkyl or cyclic N) is 1. The molecule has 0 saturated heterocycles. The van der Waals surface area contributed by atoms with E-state index in [1.54, 1.807) is 0 Å². The number of aliphatic hydroxyl groups excluding tert-OH is 1. The standard InChI is InChI=1S/C18H25N3O2/c1-14(2)17-5-3-4-6-18(17)23-12-16(22)11-20-7-8-21-13-19-9-15(21)10-20/h3-6,9,13-14,16,22H,7-8,10-12H2,1-2H3. The molecule has 1 aromatic heterocycles. The van der Waals surface area contributed by atoms with Gasteiger partial charge >= 0.3 is 0 Å². The van der Waals surface area contributed by atoms with Crippen LogP contribution in [0.5, 0.6) is 5.75 Å². The summed E-state index contributed by atoms with van der Waals surface area (Å²) < 4.78 is 8.03. The maximum absolute atomic E-state index is 10.3. The van der Waals surface area contributed by atoms with Crippen LogP contribution in [-0.4, -0.2) is 45.4 Å². The normalized spacial score (nSPS) is 16.3. The van der Waals surface area contributed by atoms with Crippen molar-refractivity contribution in [3.8, 4) is 5.75 Å². The van der Waals surface area contributed by atoms with Crippen molar-refractivity contribution < 1.29 is 9.84 Å². The largest absolute Gasteiger partial charge is 0.491 e. The number of fused-ring (bicyclic) bond motifs is 1. The molecule has 1 aliphatic rings. The Labute approximate surface area is 137 Å². The molecule has 2 heterocycles. The Kier molecular flexibility index (Phi) is 4.98. The van der Waals surface area contributed by atoms with Gasteiger partial charge in [0.15, 0.2) is 0 Å². The lowest BCUT2D eigenvalue weighted by Crippen LogP contribution is -2.40. The molecular weight excluding hydrogens is 290 g/mol. The maximum atomic E-state index is 10.3. The summed E-state index contributed by atoms with van der Waals surface area (Å²) in [5, 5.41) is 10.3. The van der Waals surface area contributed by atoms with Gasteiger partial charge in [0.2, 0.25) is 0 Å². The van der Waals surface area contributed by atoms with Gasteiger partial charge in [-0.2, -0.15) is 0 Å². The van der Waals surface area contributed by atoms with Gasteiger partial charge in [0.05, 0.1) is 12.0 Å². The first-order chi connectivity index (χ1) is 11.1. The Morgan fingerprint density at radius 1 is 1.26 bits per heavy atom. The molecule has 0 bridgehead atoms. The van der Waals surface area contributed by atoms with Gasteiger partial charge in [-0.25, -0.2) is 4.98 Å². The minimum Gasteiger partial charge on any atom is -0.491 e. The van der Waals surface area contributed by atoms with Crippen LogP contribution >= 0.6 is 0 Å². The highest BCUT2D eigenvalue weighted by Crippen LogP contribution is 2.26. The van der Waals surface area contributed by atoms with Crippen molar-refractivity contribution in [3.05, 3.63) is 48.0 Å². The summed E-state index contributed by atoms with van der Waals surface area (Å²) in [6, 6.07) is 8.05. The van der Waals surface area contributed by atoms with Crippen LogP contribution in [0, 0.1) is 0 Å². The SMILES string of the molecule is CC(C)c1ccccc1OCC(O)CN1CCn2cncc2C1. The Morgan fingerprint density at radius 2 is 2.09 bits per heavy atom. The second-order valence-corrected chi connectivity index (χ2v) is 6.47. The number of ether oxygens (including phenoxy) is 1. The van der Waals surface area contributed by atoms with Gasteiger partial charge in [-0.05, 0) is 17.5 Å². The number of aromatic nitrogens is 2. The molecule has 5 nitrogen and oxygen atoms in total. The first kappa shape index (κ1) is 16.0. The van der Waals surface area contributed by atoms with E-state index >= 15 is 0 Å². The van der Waals surface area contributed by atoms with E-state index in [1.807, 2.05) is 30.7 Å². The molecule has 0 fully saturated rings. The lowest BCUT2D eigenvalue weighted by molar-refractivity contribution is 0.0587. The lowest BCUT2D eigenvalue weighted by Gasteiger charge is -2.29. The fourth-order valence-electron chi connectivity index (χ4n) is 3.02. The Bertz CT molecular complexity index is 639. The zero-order chi connectivity index (χ0) is 16.2. The van der Waals surface area contributed by atoms with Crippen LogP contribution in [0.4, 0.5) is 0 Å². The van der Waals surface area contributed by atoms with E-state index in [2.05, 4.69) is 34.4 Å². The van der Waals surface area contributed by atoms with Gasteiger partial charge < -0.3 is 14.4 Å². The van der Waals surface area contributed by atoms with Crippen LogP contribution in [0.15, 0.2) is 36.8 Å². The zero-order valence-electron chi connectivity index (χ0n) is 13.9. The minimum atomic E-state index is -0.496. The summed E-state index contributed by atoms with van der Waals surface area (Å²) in [5.41, 5.74) is 2.39. The molecule has 5 heteroatoms. The Morgan fingerprint density at radius 3 is 2.91 bits per heavy atom. The van der Waals surface area contributed by atoms with Crippen molar-refractivity contribution in [2.75, 3.05) is 19.7 Å². The van der Waals surface area contributed by atoms with E-state index in [9.17, 15) is 5.11 Å². The van der Waals surface area contributed by atoms with Crippen molar-refractivity contribution in [2.45, 2.75) is 39.0 Å². The number of para-hydroxylation sites is 1. The summed E-state index contributed by atoms with van der Waals surface area (Å²) in [6.45, 7) is 7.93. The molecule has 124 valence electrons. The molecule has 1 atom stereocenters. The second kappa shape index (κ2) is 7.15. The fourth-order valence-corrected chi connectivity index (χ4v) is 3.02. The molecule has 0 saturated carbocycles. The fraction of sp³-hybridized carbons (Fsp3) is 0.500. The predicted molar refractivity (Wildman–Crippen MR) is 89.5 cm³/mol. The Balaban J connectivity index is 1.52. The molecule has 3 rings (SSSR count). The van der Waals surface area contributed by atoms with Crippen LogP contribution in [0.25, 0.3) is 0 Å². The van der Waals surface area contributed by atoms with Crippen LogP contribution < -0.4 is 4.74 Å². The van der Waals surface area contributed by atoms with E-state index in [4.69, 9.17) is 4.74 Å². The molecule has 1 unspecified atom stereocenters. The van der Waals surface area contributed by atoms with E-state index in [0.717, 1.165) is 25.4 Å². The number of imidazole rings is 1. The van der Waals surface area contributed by atoms with Gasteiger partial charge in [-0.15, -0.1) is 0 Å². The van der Waals surface area contributed by atoms with Gasteiger partial charge in [0, 0.05) is 32.4 Å². The van der Waals surface area contributed by atoms with Gasteiger partial charge in [0.1, 0.15) is 18.5 Å². The number of aliphatic hydroxyl groups is 1. The lowest BCUT2D eigenvalue weighted by atomic mass is 10.0. The highest BCUT2D eigenvalue weighted by Gasteiger charge is 2.19. The third-order valence-electron chi connectivity index (χ3n) is 4.28. The average molecular weight is 315 g/mol. The number of hydrogen-bond acceptors (Lipinski definition) is 4. The highest BCUT2D eigenvalue weighted by atomic mass is 16.5. The van der Waals surface area contributed by atoms with Gasteiger partial charge in [0.25, 0.3) is 0 Å². The predicted octanol–water partition coefficient (Wildman–Crippen LogP) is 2.26. The summed E-state index contributed by atoms with van der Waals surface area (Å²) in [7, 11) is 0. The smallest absolute Gasteiger partial charge is 0.122 e. The van der Waals surface area contributed by atoms with Gasteiger partial charge in [-0.3, -0.25) is 4.90 Å². The summed E-state index contributed by atoms with van der Waals surface area (Å²) >= 11 is 0. The molecule has 0 amide bonds. The number of hydrogen-bond donors (Lipinski definition) is 1. The monoisotopic (exact) mass is 315 g/mol. The molecule has 0 spiro atoms. The first-order valence-electron chi connectivity index (χ1n) is 8.24. The summed E-state index contributed by atoms with van der Waals surface area (Å²) in [5.74, 6) is 1.28. The van der Waals surface area contributed by atoms with Crippen molar-refractivity contribution in [1.82, 2.24) is 14.5 Å². The molecular formula is C18H25N3O2. The number of nitrogens with zero attached hydrogens (tertiary/aromatic N) is 3. The summed E-state index contributed by atoms with van der Waals surface area (Å²) in [6.07, 6.45) is 3.27. The molecule has 1 aliphatic heterocycles. The number of rotatable bonds is 6. The van der Waals surface area contributed by atoms with Gasteiger partial charge in [-0.1, -0.05) is 32.0 Å². The van der Waals surface area contributed by atoms with Crippen molar-refractivity contribution in [2.24, 2.45) is 0 Å². The molecule has 23 heavy (non-hydrogen) atoms. The molecule has 2 aromatic rings. The van der Waals surface area contributed by atoms with Crippen molar-refractivity contribution in [3.63, 3.8) is 0 Å². The number of benzene rings is 1. The summed E-state index contributed by atoms with van der Waals surface area (Å²) in [4.78, 5) is 6.42. The topological polar surface area (TPSA) is 50.5 Å². The van der Waals surface area contributed by atoms with Crippen LogP contribution in [0.3, 0.4) is 0 Å². The van der Waals surface area contributed by atoms with E-state index in [-0.39, 0.29) is 0 Å². The average Bonchev–Trinajstić information content (AvgIpc) is 3.00. The molecule has 0 aliphatic carbocycles. The Hall–Kier alpha value is -1.85. The third-order valence-corrected chi connectivity index (χ3v) is 4.28. The van der Waals surface area contributed by atoms with Crippen LogP contribution in [0.1, 0.15) is 31.0 Å². The first-order valence-corrected chi connectivity index (χ1v) is 8.24. The zero-order valence-corrected chi connectivity index (χ0v) is 13.9. The van der Waals surface area contributed by atoms with E-state index in [0.29, 0.717) is 19.1 Å². The molecule has 1 aromatic carbocycles.